The van der Waals surface area contributed by atoms with Gasteiger partial charge in [-0.2, -0.15) is 0 Å². The first-order valence-electron chi connectivity index (χ1n) is 3.73. The SMILES string of the molecule is Nc1nc2ccc3scnc3c2s1. The van der Waals surface area contributed by atoms with E-state index in [-0.39, 0.29) is 0 Å². The Hall–Kier alpha value is -1.20. The van der Waals surface area contributed by atoms with E-state index < -0.39 is 0 Å². The second-order valence-electron chi connectivity index (χ2n) is 2.67. The summed E-state index contributed by atoms with van der Waals surface area (Å²) in [5.41, 5.74) is 9.45. The Morgan fingerprint density at radius 3 is 3.15 bits per heavy atom. The number of nitrogen functional groups attached to an aromatic ring is 1. The van der Waals surface area contributed by atoms with Crippen LogP contribution in [0.2, 0.25) is 0 Å². The number of fused-ring (bicyclic) bond motifs is 3. The molecule has 0 radical (unpaired) electrons. The Morgan fingerprint density at radius 2 is 2.23 bits per heavy atom. The van der Waals surface area contributed by atoms with E-state index in [1.165, 1.54) is 16.0 Å². The van der Waals surface area contributed by atoms with Gasteiger partial charge in [0, 0.05) is 0 Å². The van der Waals surface area contributed by atoms with Crippen LogP contribution in [0, 0.1) is 0 Å². The van der Waals surface area contributed by atoms with Crippen molar-refractivity contribution in [3.63, 3.8) is 0 Å². The topological polar surface area (TPSA) is 51.8 Å². The first-order valence-corrected chi connectivity index (χ1v) is 5.42. The Morgan fingerprint density at radius 1 is 1.31 bits per heavy atom. The fourth-order valence-corrected chi connectivity index (χ4v) is 2.91. The Balaban J connectivity index is 2.64. The van der Waals surface area contributed by atoms with Crippen molar-refractivity contribution in [2.24, 2.45) is 0 Å². The highest BCUT2D eigenvalue weighted by Gasteiger charge is 2.06. The number of thiazole rings is 2. The van der Waals surface area contributed by atoms with E-state index in [9.17, 15) is 0 Å². The highest BCUT2D eigenvalue weighted by Crippen LogP contribution is 2.31. The molecule has 0 aliphatic rings. The number of rotatable bonds is 0. The van der Waals surface area contributed by atoms with Crippen LogP contribution in [0.1, 0.15) is 0 Å². The normalized spacial score (nSPS) is 11.4. The summed E-state index contributed by atoms with van der Waals surface area (Å²) in [6.07, 6.45) is 0. The lowest BCUT2D eigenvalue weighted by Crippen LogP contribution is -1.78. The van der Waals surface area contributed by atoms with Crippen molar-refractivity contribution >= 4 is 48.2 Å². The summed E-state index contributed by atoms with van der Waals surface area (Å²) in [4.78, 5) is 8.50. The number of aromatic nitrogens is 2. The summed E-state index contributed by atoms with van der Waals surface area (Å²) in [5, 5.41) is 0.607. The molecule has 64 valence electrons. The summed E-state index contributed by atoms with van der Waals surface area (Å²) >= 11 is 3.14. The molecule has 3 nitrogen and oxygen atoms in total. The fourth-order valence-electron chi connectivity index (χ4n) is 1.33. The zero-order chi connectivity index (χ0) is 8.84. The van der Waals surface area contributed by atoms with Gasteiger partial charge in [-0.15, -0.1) is 11.3 Å². The van der Waals surface area contributed by atoms with Gasteiger partial charge >= 0.3 is 0 Å². The van der Waals surface area contributed by atoms with Crippen LogP contribution in [0.15, 0.2) is 17.6 Å². The van der Waals surface area contributed by atoms with Gasteiger partial charge < -0.3 is 5.73 Å². The molecule has 5 heteroatoms. The molecule has 2 aromatic heterocycles. The first-order chi connectivity index (χ1) is 6.34. The van der Waals surface area contributed by atoms with E-state index in [2.05, 4.69) is 9.97 Å². The summed E-state index contributed by atoms with van der Waals surface area (Å²) < 4.78 is 2.28. The molecular weight excluding hydrogens is 202 g/mol. The molecule has 2 heterocycles. The quantitative estimate of drug-likeness (QED) is 0.616. The van der Waals surface area contributed by atoms with Gasteiger partial charge in [-0.25, -0.2) is 9.97 Å². The highest BCUT2D eigenvalue weighted by atomic mass is 32.1. The van der Waals surface area contributed by atoms with Crippen LogP contribution >= 0.6 is 22.7 Å². The lowest BCUT2D eigenvalue weighted by molar-refractivity contribution is 1.49. The second kappa shape index (κ2) is 2.40. The molecule has 2 N–H and O–H groups in total. The van der Waals surface area contributed by atoms with Crippen LogP contribution in [-0.2, 0) is 0 Å². The van der Waals surface area contributed by atoms with Gasteiger partial charge in [0.1, 0.15) is 5.52 Å². The molecule has 0 saturated heterocycles. The van der Waals surface area contributed by atoms with Gasteiger partial charge in [-0.05, 0) is 12.1 Å². The number of nitrogens with zero attached hydrogens (tertiary/aromatic N) is 2. The molecule has 0 fully saturated rings. The van der Waals surface area contributed by atoms with E-state index in [4.69, 9.17) is 5.73 Å². The standard InChI is InChI=1S/C8H5N3S2/c9-8-11-4-1-2-5-6(7(4)13-8)10-3-12-5/h1-3H,(H2,9,11). The van der Waals surface area contributed by atoms with Crippen molar-refractivity contribution in [2.75, 3.05) is 5.73 Å². The van der Waals surface area contributed by atoms with E-state index in [1.54, 1.807) is 11.3 Å². The van der Waals surface area contributed by atoms with Crippen LogP contribution in [0.4, 0.5) is 5.13 Å². The fraction of sp³-hybridized carbons (Fsp3) is 0. The zero-order valence-corrected chi connectivity index (χ0v) is 8.15. The van der Waals surface area contributed by atoms with Crippen molar-refractivity contribution in [3.05, 3.63) is 17.6 Å². The monoisotopic (exact) mass is 207 g/mol. The van der Waals surface area contributed by atoms with Crippen LogP contribution in [0.25, 0.3) is 20.4 Å². The molecule has 0 atom stereocenters. The van der Waals surface area contributed by atoms with Crippen molar-refractivity contribution in [2.45, 2.75) is 0 Å². The van der Waals surface area contributed by atoms with Gasteiger partial charge in [0.25, 0.3) is 0 Å². The Labute approximate surface area is 81.9 Å². The van der Waals surface area contributed by atoms with Crippen molar-refractivity contribution in [1.82, 2.24) is 9.97 Å². The van der Waals surface area contributed by atoms with Gasteiger partial charge in [-0.1, -0.05) is 11.3 Å². The van der Waals surface area contributed by atoms with E-state index >= 15 is 0 Å². The van der Waals surface area contributed by atoms with Crippen LogP contribution in [0.3, 0.4) is 0 Å². The van der Waals surface area contributed by atoms with Gasteiger partial charge in [0.05, 0.1) is 20.4 Å². The van der Waals surface area contributed by atoms with Crippen molar-refractivity contribution in [1.29, 1.82) is 0 Å². The zero-order valence-electron chi connectivity index (χ0n) is 6.52. The molecule has 0 aliphatic heterocycles. The van der Waals surface area contributed by atoms with Gasteiger partial charge in [0.2, 0.25) is 0 Å². The summed E-state index contributed by atoms with van der Waals surface area (Å²) in [5.74, 6) is 0. The molecule has 3 rings (SSSR count). The van der Waals surface area contributed by atoms with E-state index in [0.717, 1.165) is 15.7 Å². The average Bonchev–Trinajstić information content (AvgIpc) is 2.65. The minimum atomic E-state index is 0.607. The number of nitrogens with two attached hydrogens (primary N) is 1. The van der Waals surface area contributed by atoms with Crippen molar-refractivity contribution in [3.8, 4) is 0 Å². The molecular formula is C8H5N3S2. The third kappa shape index (κ3) is 0.942. The summed E-state index contributed by atoms with van der Waals surface area (Å²) in [6.45, 7) is 0. The van der Waals surface area contributed by atoms with Crippen LogP contribution in [0.5, 0.6) is 0 Å². The van der Waals surface area contributed by atoms with E-state index in [0.29, 0.717) is 5.13 Å². The molecule has 0 unspecified atom stereocenters. The van der Waals surface area contributed by atoms with Crippen molar-refractivity contribution < 1.29 is 0 Å². The first kappa shape index (κ1) is 7.23. The van der Waals surface area contributed by atoms with E-state index in [1.807, 2.05) is 17.6 Å². The molecule has 0 saturated carbocycles. The van der Waals surface area contributed by atoms with Gasteiger partial charge in [-0.3, -0.25) is 0 Å². The summed E-state index contributed by atoms with van der Waals surface area (Å²) in [7, 11) is 0. The molecule has 0 amide bonds. The van der Waals surface area contributed by atoms with Gasteiger partial charge in [0.15, 0.2) is 5.13 Å². The molecule has 1 aromatic carbocycles. The lowest BCUT2D eigenvalue weighted by Gasteiger charge is -1.87. The second-order valence-corrected chi connectivity index (χ2v) is 4.58. The summed E-state index contributed by atoms with van der Waals surface area (Å²) in [6, 6.07) is 4.03. The number of benzene rings is 1. The maximum absolute atomic E-state index is 5.63. The highest BCUT2D eigenvalue weighted by molar-refractivity contribution is 7.24. The number of anilines is 1. The molecule has 3 aromatic rings. The average molecular weight is 207 g/mol. The van der Waals surface area contributed by atoms with Crippen LogP contribution in [-0.4, -0.2) is 9.97 Å². The maximum Gasteiger partial charge on any atom is 0.181 e. The predicted molar refractivity (Wildman–Crippen MR) is 57.2 cm³/mol. The predicted octanol–water partition coefficient (Wildman–Crippen LogP) is 2.49. The molecule has 0 aliphatic carbocycles. The third-order valence-corrected chi connectivity index (χ3v) is 3.57. The maximum atomic E-state index is 5.63. The Bertz CT molecular complexity index is 581. The smallest absolute Gasteiger partial charge is 0.181 e. The number of hydrogen-bond acceptors (Lipinski definition) is 5. The molecule has 0 bridgehead atoms. The molecule has 0 spiro atoms. The minimum Gasteiger partial charge on any atom is -0.375 e. The Kier molecular flexibility index (Phi) is 1.33. The largest absolute Gasteiger partial charge is 0.375 e. The number of hydrogen-bond donors (Lipinski definition) is 1. The lowest BCUT2D eigenvalue weighted by atomic mass is 10.3. The van der Waals surface area contributed by atoms with Crippen LogP contribution < -0.4 is 5.73 Å². The minimum absolute atomic E-state index is 0.607. The molecule has 13 heavy (non-hydrogen) atoms. The third-order valence-electron chi connectivity index (χ3n) is 1.87.